The summed E-state index contributed by atoms with van der Waals surface area (Å²) in [7, 11) is 0. The van der Waals surface area contributed by atoms with Gasteiger partial charge in [-0.3, -0.25) is 0 Å². The summed E-state index contributed by atoms with van der Waals surface area (Å²) < 4.78 is 2.10. The molecule has 4 aromatic rings. The first-order chi connectivity index (χ1) is 11.2. The summed E-state index contributed by atoms with van der Waals surface area (Å²) in [5.74, 6) is 0. The average molecular weight is 317 g/mol. The number of fused-ring (bicyclic) bond motifs is 3. The molecule has 4 rings (SSSR count). The van der Waals surface area contributed by atoms with Crippen LogP contribution in [0.4, 0.5) is 0 Å². The number of aryl methyl sites for hydroxylation is 1. The van der Waals surface area contributed by atoms with Crippen LogP contribution in [-0.2, 0) is 0 Å². The van der Waals surface area contributed by atoms with Crippen LogP contribution in [0.5, 0.6) is 0 Å². The minimum absolute atomic E-state index is 0.710. The maximum absolute atomic E-state index is 9.45. The normalized spacial score (nSPS) is 11.0. The molecule has 0 spiro atoms. The zero-order chi connectivity index (χ0) is 16.0. The van der Waals surface area contributed by atoms with Gasteiger partial charge < -0.3 is 4.40 Å². The van der Waals surface area contributed by atoms with Crippen molar-refractivity contribution in [2.24, 2.45) is 0 Å². The Hall–Kier alpha value is -2.76. The van der Waals surface area contributed by atoms with Gasteiger partial charge in [-0.25, -0.2) is 0 Å². The van der Waals surface area contributed by atoms with Gasteiger partial charge in [0.2, 0.25) is 0 Å². The molecule has 2 aromatic carbocycles. The monoisotopic (exact) mass is 316 g/mol. The molecule has 0 atom stereocenters. The molecule has 0 saturated heterocycles. The molecule has 23 heavy (non-hydrogen) atoms. The fourth-order valence-corrected chi connectivity index (χ4v) is 3.29. The quantitative estimate of drug-likeness (QED) is 0.449. The van der Waals surface area contributed by atoms with E-state index in [9.17, 15) is 5.26 Å². The zero-order valence-corrected chi connectivity index (χ0v) is 13.3. The summed E-state index contributed by atoms with van der Waals surface area (Å²) in [4.78, 5) is 0. The van der Waals surface area contributed by atoms with Crippen LogP contribution in [0.15, 0.2) is 60.8 Å². The lowest BCUT2D eigenvalue weighted by atomic mass is 9.99. The maximum atomic E-state index is 9.45. The molecule has 0 amide bonds. The highest BCUT2D eigenvalue weighted by atomic mass is 35.5. The van der Waals surface area contributed by atoms with Crippen molar-refractivity contribution in [3.8, 4) is 17.2 Å². The van der Waals surface area contributed by atoms with E-state index >= 15 is 0 Å². The Morgan fingerprint density at radius 3 is 2.39 bits per heavy atom. The number of rotatable bonds is 1. The molecule has 0 unspecified atom stereocenters. The van der Waals surface area contributed by atoms with E-state index < -0.39 is 0 Å². The molecule has 2 nitrogen and oxygen atoms in total. The molecule has 0 saturated carbocycles. The molecule has 0 bridgehead atoms. The number of halogens is 1. The Balaban J connectivity index is 2.18. The van der Waals surface area contributed by atoms with Gasteiger partial charge in [0.15, 0.2) is 0 Å². The van der Waals surface area contributed by atoms with Crippen molar-refractivity contribution in [3.63, 3.8) is 0 Å². The predicted octanol–water partition coefficient (Wildman–Crippen LogP) is 5.59. The van der Waals surface area contributed by atoms with Gasteiger partial charge in [-0.05, 0) is 36.1 Å². The van der Waals surface area contributed by atoms with Crippen molar-refractivity contribution in [3.05, 3.63) is 77.1 Å². The number of hydrogen-bond donors (Lipinski definition) is 0. The summed E-state index contributed by atoms with van der Waals surface area (Å²) in [5.41, 5.74) is 4.98. The molecule has 0 fully saturated rings. The molecule has 2 heterocycles. The minimum atomic E-state index is 0.710. The highest BCUT2D eigenvalue weighted by Gasteiger charge is 2.13. The van der Waals surface area contributed by atoms with Crippen molar-refractivity contribution in [1.29, 1.82) is 5.26 Å². The van der Waals surface area contributed by atoms with E-state index in [4.69, 9.17) is 11.6 Å². The van der Waals surface area contributed by atoms with Gasteiger partial charge in [-0.2, -0.15) is 5.26 Å². The number of pyridine rings is 1. The van der Waals surface area contributed by atoms with Crippen LogP contribution < -0.4 is 0 Å². The molecule has 0 aliphatic carbocycles. The number of benzene rings is 2. The largest absolute Gasteiger partial charge is 0.319 e. The fourth-order valence-electron chi connectivity index (χ4n) is 3.16. The summed E-state index contributed by atoms with van der Waals surface area (Å²) in [6.45, 7) is 2.02. The van der Waals surface area contributed by atoms with E-state index in [1.54, 1.807) is 0 Å². The van der Waals surface area contributed by atoms with Crippen LogP contribution in [0.25, 0.3) is 27.4 Å². The smallest absolute Gasteiger partial charge is 0.101 e. The third kappa shape index (κ3) is 2.10. The van der Waals surface area contributed by atoms with Crippen LogP contribution in [0.1, 0.15) is 11.3 Å². The van der Waals surface area contributed by atoms with Crippen LogP contribution in [0.3, 0.4) is 0 Å². The zero-order valence-electron chi connectivity index (χ0n) is 12.5. The Kier molecular flexibility index (Phi) is 3.11. The predicted molar refractivity (Wildman–Crippen MR) is 94.8 cm³/mol. The van der Waals surface area contributed by atoms with E-state index in [1.807, 2.05) is 49.4 Å². The first-order valence-electron chi connectivity index (χ1n) is 7.38. The SMILES string of the molecule is Cc1cc(C#N)c2c3ccccc3c(-c3ccc(Cl)cc3)cn12. The molecule has 2 aromatic heterocycles. The summed E-state index contributed by atoms with van der Waals surface area (Å²) in [5, 5.41) is 12.4. The first kappa shape index (κ1) is 13.9. The fraction of sp³-hybridized carbons (Fsp3) is 0.0500. The van der Waals surface area contributed by atoms with Crippen LogP contribution in [0.2, 0.25) is 5.02 Å². The Bertz CT molecular complexity index is 1080. The van der Waals surface area contributed by atoms with E-state index in [0.29, 0.717) is 5.56 Å². The van der Waals surface area contributed by atoms with Crippen LogP contribution >= 0.6 is 11.6 Å². The van der Waals surface area contributed by atoms with Gasteiger partial charge >= 0.3 is 0 Å². The van der Waals surface area contributed by atoms with Gasteiger partial charge in [0.1, 0.15) is 6.07 Å². The second-order valence-corrected chi connectivity index (χ2v) is 6.06. The van der Waals surface area contributed by atoms with Crippen LogP contribution in [-0.4, -0.2) is 4.40 Å². The average Bonchev–Trinajstić information content (AvgIpc) is 2.91. The molecule has 0 aliphatic heterocycles. The van der Waals surface area contributed by atoms with Gasteiger partial charge in [0, 0.05) is 27.9 Å². The van der Waals surface area contributed by atoms with Crippen LogP contribution in [0, 0.1) is 18.3 Å². The van der Waals surface area contributed by atoms with Crippen molar-refractivity contribution in [2.75, 3.05) is 0 Å². The highest BCUT2D eigenvalue weighted by Crippen LogP contribution is 2.34. The van der Waals surface area contributed by atoms with Gasteiger partial charge in [0.05, 0.1) is 11.1 Å². The third-order valence-electron chi connectivity index (χ3n) is 4.24. The number of nitriles is 1. The lowest BCUT2D eigenvalue weighted by Gasteiger charge is -2.11. The summed E-state index contributed by atoms with van der Waals surface area (Å²) in [6.07, 6.45) is 2.11. The highest BCUT2D eigenvalue weighted by molar-refractivity contribution is 6.30. The van der Waals surface area contributed by atoms with Crippen molar-refractivity contribution in [1.82, 2.24) is 4.40 Å². The second kappa shape index (κ2) is 5.15. The van der Waals surface area contributed by atoms with E-state index in [-0.39, 0.29) is 0 Å². The van der Waals surface area contributed by atoms with E-state index in [0.717, 1.165) is 38.1 Å². The Morgan fingerprint density at radius 1 is 1.00 bits per heavy atom. The Labute approximate surface area is 139 Å². The molecule has 110 valence electrons. The Morgan fingerprint density at radius 2 is 1.70 bits per heavy atom. The van der Waals surface area contributed by atoms with Crippen molar-refractivity contribution >= 4 is 27.9 Å². The molecule has 3 heteroatoms. The van der Waals surface area contributed by atoms with Gasteiger partial charge in [-0.1, -0.05) is 48.0 Å². The molecule has 0 aliphatic rings. The first-order valence-corrected chi connectivity index (χ1v) is 7.76. The lowest BCUT2D eigenvalue weighted by molar-refractivity contribution is 1.12. The van der Waals surface area contributed by atoms with Gasteiger partial charge in [0.25, 0.3) is 0 Å². The summed E-state index contributed by atoms with van der Waals surface area (Å²) in [6, 6.07) is 20.3. The van der Waals surface area contributed by atoms with E-state index in [1.165, 1.54) is 0 Å². The van der Waals surface area contributed by atoms with Gasteiger partial charge in [-0.15, -0.1) is 0 Å². The molecule has 0 N–H and O–H groups in total. The lowest BCUT2D eigenvalue weighted by Crippen LogP contribution is -1.92. The van der Waals surface area contributed by atoms with Crippen molar-refractivity contribution in [2.45, 2.75) is 6.92 Å². The summed E-state index contributed by atoms with van der Waals surface area (Å²) >= 11 is 6.02. The van der Waals surface area contributed by atoms with E-state index in [2.05, 4.69) is 28.8 Å². The number of hydrogen-bond acceptors (Lipinski definition) is 1. The molecular formula is C20H13ClN2. The maximum Gasteiger partial charge on any atom is 0.101 e. The number of nitrogens with zero attached hydrogens (tertiary/aromatic N) is 2. The topological polar surface area (TPSA) is 28.2 Å². The standard InChI is InChI=1S/C20H13ClN2/c1-13-10-15(11-22)20-18-5-3-2-4-17(18)19(12-23(13)20)14-6-8-16(21)9-7-14/h2-10,12H,1H3. The number of aromatic nitrogens is 1. The third-order valence-corrected chi connectivity index (χ3v) is 4.49. The minimum Gasteiger partial charge on any atom is -0.319 e. The second-order valence-electron chi connectivity index (χ2n) is 5.63. The van der Waals surface area contributed by atoms with Crippen molar-refractivity contribution < 1.29 is 0 Å². The molecule has 0 radical (unpaired) electrons. The molecular weight excluding hydrogens is 304 g/mol.